The number of carbonyl (C=O) groups is 2. The first-order valence-electron chi connectivity index (χ1n) is 9.89. The number of benzene rings is 1. The zero-order valence-electron chi connectivity index (χ0n) is 16.9. The fraction of sp³-hybridized carbons (Fsp3) is 0.476. The fourth-order valence-corrected chi connectivity index (χ4v) is 3.85. The molecule has 1 aromatic carbocycles. The highest BCUT2D eigenvalue weighted by atomic mass is 16.5. The summed E-state index contributed by atoms with van der Waals surface area (Å²) in [5, 5.41) is 14.7. The van der Waals surface area contributed by atoms with Gasteiger partial charge in [0.1, 0.15) is 18.0 Å². The number of nitrogens with zero attached hydrogens (tertiary/aromatic N) is 1. The van der Waals surface area contributed by atoms with Gasteiger partial charge >= 0.3 is 0 Å². The maximum atomic E-state index is 12.2. The van der Waals surface area contributed by atoms with Gasteiger partial charge in [0.2, 0.25) is 11.8 Å². The van der Waals surface area contributed by atoms with Crippen molar-refractivity contribution in [3.8, 4) is 11.6 Å². The molecule has 160 valence electrons. The number of rotatable bonds is 7. The van der Waals surface area contributed by atoms with Crippen LogP contribution in [-0.4, -0.2) is 59.5 Å². The number of aromatic nitrogens is 1. The second-order valence-electron chi connectivity index (χ2n) is 8.12. The molecule has 0 saturated carbocycles. The molecule has 2 aromatic rings. The van der Waals surface area contributed by atoms with Crippen molar-refractivity contribution in [3.05, 3.63) is 30.0 Å². The van der Waals surface area contributed by atoms with Crippen molar-refractivity contribution in [2.75, 3.05) is 19.8 Å². The van der Waals surface area contributed by atoms with Crippen molar-refractivity contribution in [1.82, 2.24) is 10.3 Å². The third kappa shape index (κ3) is 3.78. The van der Waals surface area contributed by atoms with Crippen LogP contribution in [0.25, 0.3) is 10.8 Å². The Balaban J connectivity index is 1.54. The molecule has 2 aliphatic heterocycles. The molecule has 0 spiro atoms. The van der Waals surface area contributed by atoms with Crippen LogP contribution in [0.2, 0.25) is 0 Å². The number of amides is 2. The summed E-state index contributed by atoms with van der Waals surface area (Å²) in [5.74, 6) is -0.558. The molecule has 30 heavy (non-hydrogen) atoms. The van der Waals surface area contributed by atoms with Crippen molar-refractivity contribution in [2.24, 2.45) is 11.7 Å². The Morgan fingerprint density at radius 1 is 1.43 bits per heavy atom. The molecule has 1 aromatic heterocycles. The Bertz CT molecular complexity index is 988. The molecular formula is C21H25N3O6. The van der Waals surface area contributed by atoms with Crippen LogP contribution in [0.4, 0.5) is 0 Å². The second-order valence-corrected chi connectivity index (χ2v) is 8.12. The van der Waals surface area contributed by atoms with Gasteiger partial charge in [-0.1, -0.05) is 0 Å². The summed E-state index contributed by atoms with van der Waals surface area (Å²) < 4.78 is 16.7. The number of ether oxygens (including phenoxy) is 3. The van der Waals surface area contributed by atoms with Gasteiger partial charge in [0.15, 0.2) is 0 Å². The fourth-order valence-electron chi connectivity index (χ4n) is 3.85. The minimum atomic E-state index is -1.09. The highest BCUT2D eigenvalue weighted by molar-refractivity contribution is 6.01. The van der Waals surface area contributed by atoms with Crippen LogP contribution in [0.15, 0.2) is 24.4 Å². The number of nitrogens with one attached hydrogen (secondary N) is 1. The average Bonchev–Trinajstić information content (AvgIpc) is 3.04. The summed E-state index contributed by atoms with van der Waals surface area (Å²) in [4.78, 5) is 28.4. The van der Waals surface area contributed by atoms with Gasteiger partial charge in [0, 0.05) is 11.6 Å². The van der Waals surface area contributed by atoms with Crippen LogP contribution in [0, 0.1) is 5.92 Å². The summed E-state index contributed by atoms with van der Waals surface area (Å²) in [5.41, 5.74) is 4.70. The summed E-state index contributed by atoms with van der Waals surface area (Å²) >= 11 is 0. The van der Waals surface area contributed by atoms with Crippen LogP contribution in [0.3, 0.4) is 0 Å². The Labute approximate surface area is 173 Å². The van der Waals surface area contributed by atoms with E-state index >= 15 is 0 Å². The molecule has 9 heteroatoms. The Morgan fingerprint density at radius 2 is 2.20 bits per heavy atom. The molecule has 0 aliphatic carbocycles. The first-order chi connectivity index (χ1) is 14.3. The summed E-state index contributed by atoms with van der Waals surface area (Å²) in [6.07, 6.45) is 1.89. The monoisotopic (exact) mass is 415 g/mol. The van der Waals surface area contributed by atoms with Gasteiger partial charge in [0.25, 0.3) is 5.91 Å². The summed E-state index contributed by atoms with van der Waals surface area (Å²) in [7, 11) is 0. The van der Waals surface area contributed by atoms with Gasteiger partial charge in [-0.3, -0.25) is 9.59 Å². The maximum Gasteiger partial charge on any atom is 0.252 e. The molecule has 4 rings (SSSR count). The molecule has 0 bridgehead atoms. The van der Waals surface area contributed by atoms with E-state index < -0.39 is 17.4 Å². The van der Waals surface area contributed by atoms with Crippen molar-refractivity contribution >= 4 is 22.6 Å². The van der Waals surface area contributed by atoms with E-state index in [0.29, 0.717) is 23.4 Å². The van der Waals surface area contributed by atoms with Gasteiger partial charge in [-0.15, -0.1) is 0 Å². The van der Waals surface area contributed by atoms with Gasteiger partial charge in [-0.2, -0.15) is 0 Å². The number of aliphatic hydroxyl groups is 1. The van der Waals surface area contributed by atoms with E-state index in [1.54, 1.807) is 24.4 Å². The van der Waals surface area contributed by atoms with E-state index in [1.807, 2.05) is 13.8 Å². The van der Waals surface area contributed by atoms with Gasteiger partial charge in [0.05, 0.1) is 36.8 Å². The smallest absolute Gasteiger partial charge is 0.252 e. The van der Waals surface area contributed by atoms with E-state index in [9.17, 15) is 14.7 Å². The Kier molecular flexibility index (Phi) is 5.25. The van der Waals surface area contributed by atoms with Crippen molar-refractivity contribution in [1.29, 1.82) is 0 Å². The van der Waals surface area contributed by atoms with Gasteiger partial charge in [-0.25, -0.2) is 4.98 Å². The van der Waals surface area contributed by atoms with E-state index in [-0.39, 0.29) is 43.4 Å². The number of fused-ring (bicyclic) bond motifs is 1. The quantitative estimate of drug-likeness (QED) is 0.608. The summed E-state index contributed by atoms with van der Waals surface area (Å²) in [6, 6.07) is 4.86. The van der Waals surface area contributed by atoms with Crippen molar-refractivity contribution in [3.63, 3.8) is 0 Å². The van der Waals surface area contributed by atoms with E-state index in [1.165, 1.54) is 0 Å². The lowest BCUT2D eigenvalue weighted by molar-refractivity contribution is -0.205. The first-order valence-corrected chi connectivity index (χ1v) is 9.89. The predicted octanol–water partition coefficient (Wildman–Crippen LogP) is 0.766. The highest BCUT2D eigenvalue weighted by Crippen LogP contribution is 2.34. The predicted molar refractivity (Wildman–Crippen MR) is 107 cm³/mol. The van der Waals surface area contributed by atoms with Crippen LogP contribution in [-0.2, 0) is 9.53 Å². The molecule has 2 amide bonds. The maximum absolute atomic E-state index is 12.2. The van der Waals surface area contributed by atoms with Crippen LogP contribution < -0.4 is 20.5 Å². The van der Waals surface area contributed by atoms with Gasteiger partial charge < -0.3 is 30.4 Å². The number of hydrogen-bond acceptors (Lipinski definition) is 7. The van der Waals surface area contributed by atoms with Crippen LogP contribution in [0.5, 0.6) is 11.6 Å². The standard InChI is InChI=1S/C21H25N3O6/c1-11(2)30-17-7-14-12(5-15(17)18(22)25)3-4-23-20(14)29-8-13-6-16(19(26)24-13)21(27)9-28-10-21/h3-5,7,11,13,16,27H,6,8-10H2,1-2H3,(H2,22,25)(H,24,26)/t13?,16-/m1/s1. The third-order valence-corrected chi connectivity index (χ3v) is 5.41. The zero-order valence-corrected chi connectivity index (χ0v) is 16.9. The first kappa shape index (κ1) is 20.4. The molecule has 3 heterocycles. The number of nitrogens with two attached hydrogens (primary N) is 1. The Morgan fingerprint density at radius 3 is 2.83 bits per heavy atom. The van der Waals surface area contributed by atoms with Crippen molar-refractivity contribution < 1.29 is 28.9 Å². The molecule has 4 N–H and O–H groups in total. The minimum absolute atomic E-state index is 0.145. The molecule has 2 saturated heterocycles. The number of carbonyl (C=O) groups excluding carboxylic acids is 2. The number of primary amides is 1. The molecule has 2 aliphatic rings. The lowest BCUT2D eigenvalue weighted by atomic mass is 9.83. The zero-order chi connectivity index (χ0) is 21.5. The van der Waals surface area contributed by atoms with E-state index in [4.69, 9.17) is 19.9 Å². The molecular weight excluding hydrogens is 390 g/mol. The second kappa shape index (κ2) is 7.73. The van der Waals surface area contributed by atoms with Crippen LogP contribution >= 0.6 is 0 Å². The highest BCUT2D eigenvalue weighted by Gasteiger charge is 2.51. The summed E-state index contributed by atoms with van der Waals surface area (Å²) in [6.45, 7) is 4.25. The normalized spacial score (nSPS) is 22.6. The molecule has 2 fully saturated rings. The van der Waals surface area contributed by atoms with Gasteiger partial charge in [-0.05, 0) is 43.9 Å². The number of hydrogen-bond donors (Lipinski definition) is 3. The average molecular weight is 415 g/mol. The molecule has 0 radical (unpaired) electrons. The lowest BCUT2D eigenvalue weighted by Gasteiger charge is -2.39. The van der Waals surface area contributed by atoms with E-state index in [0.717, 1.165) is 5.39 Å². The number of pyridine rings is 1. The molecule has 1 unspecified atom stereocenters. The minimum Gasteiger partial charge on any atom is -0.490 e. The Hall–Kier alpha value is -2.91. The van der Waals surface area contributed by atoms with Crippen molar-refractivity contribution in [2.45, 2.75) is 38.0 Å². The topological polar surface area (TPSA) is 133 Å². The lowest BCUT2D eigenvalue weighted by Crippen LogP contribution is -2.57. The molecule has 9 nitrogen and oxygen atoms in total. The third-order valence-electron chi connectivity index (χ3n) is 5.41. The molecule has 2 atom stereocenters. The van der Waals surface area contributed by atoms with Crippen LogP contribution in [0.1, 0.15) is 30.6 Å². The largest absolute Gasteiger partial charge is 0.490 e. The SMILES string of the molecule is CC(C)Oc1cc2c(OCC3C[C@@H](C4(O)COC4)C(=O)N3)nccc2cc1C(N)=O. The van der Waals surface area contributed by atoms with E-state index in [2.05, 4.69) is 10.3 Å².